The Labute approximate surface area is 155 Å². The van der Waals surface area contributed by atoms with E-state index in [1.54, 1.807) is 19.9 Å². The average molecular weight is 390 g/mol. The van der Waals surface area contributed by atoms with Crippen molar-refractivity contribution in [2.24, 2.45) is 0 Å². The van der Waals surface area contributed by atoms with E-state index in [0.717, 1.165) is 16.7 Å². The average Bonchev–Trinajstić information content (AvgIpc) is 3.19. The number of aryl methyl sites for hydroxylation is 2. The van der Waals surface area contributed by atoms with Gasteiger partial charge in [-0.25, -0.2) is 13.4 Å². The molecule has 0 aliphatic rings. The first-order chi connectivity index (χ1) is 12.2. The normalized spacial score (nSPS) is 11.5. The Hall–Kier alpha value is -2.45. The number of nitrogens with zero attached hydrogens (tertiary/aromatic N) is 1. The second kappa shape index (κ2) is 7.05. The molecule has 3 aromatic rings. The van der Waals surface area contributed by atoms with E-state index < -0.39 is 9.84 Å². The number of aromatic nitrogens is 1. The first-order valence-electron chi connectivity index (χ1n) is 7.85. The number of anilines is 1. The van der Waals surface area contributed by atoms with Crippen molar-refractivity contribution >= 4 is 32.8 Å². The van der Waals surface area contributed by atoms with Crippen molar-refractivity contribution < 1.29 is 17.6 Å². The van der Waals surface area contributed by atoms with Gasteiger partial charge in [0.15, 0.2) is 9.84 Å². The van der Waals surface area contributed by atoms with E-state index in [9.17, 15) is 13.2 Å². The number of carbonyl (C=O) groups is 1. The van der Waals surface area contributed by atoms with Crippen LogP contribution in [0.2, 0.25) is 0 Å². The van der Waals surface area contributed by atoms with Gasteiger partial charge in [0, 0.05) is 11.9 Å². The van der Waals surface area contributed by atoms with Crippen LogP contribution in [0.25, 0.3) is 10.8 Å². The molecule has 0 unspecified atom stereocenters. The molecule has 1 amide bonds. The van der Waals surface area contributed by atoms with Gasteiger partial charge in [-0.05, 0) is 43.0 Å². The number of hydrogen-bond donors (Lipinski definition) is 1. The zero-order valence-electron chi connectivity index (χ0n) is 14.6. The van der Waals surface area contributed by atoms with E-state index in [-0.39, 0.29) is 17.2 Å². The van der Waals surface area contributed by atoms with E-state index in [1.807, 2.05) is 17.5 Å². The van der Waals surface area contributed by atoms with Gasteiger partial charge < -0.3 is 9.73 Å². The summed E-state index contributed by atoms with van der Waals surface area (Å²) < 4.78 is 29.0. The summed E-state index contributed by atoms with van der Waals surface area (Å²) in [7, 11) is -3.34. The molecule has 1 aromatic carbocycles. The summed E-state index contributed by atoms with van der Waals surface area (Å²) in [5, 5.41) is 4.69. The summed E-state index contributed by atoms with van der Waals surface area (Å²) in [5.74, 6) is 0.800. The fourth-order valence-corrected chi connectivity index (χ4v) is 3.71. The SMILES string of the molecule is Cc1ccc(S(C)(=O)=O)cc1NC(=O)Cc1nc(-c2cccs2)oc1C. The Balaban J connectivity index is 1.78. The van der Waals surface area contributed by atoms with Crippen LogP contribution in [0, 0.1) is 13.8 Å². The lowest BCUT2D eigenvalue weighted by Gasteiger charge is -2.09. The maximum absolute atomic E-state index is 12.4. The number of nitrogens with one attached hydrogen (secondary N) is 1. The number of oxazole rings is 1. The molecule has 0 radical (unpaired) electrons. The smallest absolute Gasteiger partial charge is 0.236 e. The standard InChI is InChI=1S/C18H18N2O4S2/c1-11-6-7-13(26(3,22)23)9-14(11)19-17(21)10-15-12(2)24-18(20-15)16-5-4-8-25-16/h4-9H,10H2,1-3H3,(H,19,21). The van der Waals surface area contributed by atoms with Gasteiger partial charge >= 0.3 is 0 Å². The Morgan fingerprint density at radius 1 is 1.27 bits per heavy atom. The van der Waals surface area contributed by atoms with Crippen molar-refractivity contribution in [1.29, 1.82) is 0 Å². The topological polar surface area (TPSA) is 89.3 Å². The van der Waals surface area contributed by atoms with E-state index in [4.69, 9.17) is 4.42 Å². The van der Waals surface area contributed by atoms with Crippen LogP contribution in [0.4, 0.5) is 5.69 Å². The maximum atomic E-state index is 12.4. The van der Waals surface area contributed by atoms with Crippen LogP contribution in [0.15, 0.2) is 45.0 Å². The lowest BCUT2D eigenvalue weighted by molar-refractivity contribution is -0.115. The summed E-state index contributed by atoms with van der Waals surface area (Å²) >= 11 is 1.51. The zero-order chi connectivity index (χ0) is 18.9. The second-order valence-corrected chi connectivity index (χ2v) is 8.94. The number of amides is 1. The van der Waals surface area contributed by atoms with E-state index >= 15 is 0 Å². The molecule has 1 N–H and O–H groups in total. The number of thiophene rings is 1. The van der Waals surface area contributed by atoms with Gasteiger partial charge in [-0.3, -0.25) is 4.79 Å². The van der Waals surface area contributed by atoms with E-state index in [2.05, 4.69) is 10.3 Å². The predicted molar refractivity (Wildman–Crippen MR) is 101 cm³/mol. The van der Waals surface area contributed by atoms with Crippen molar-refractivity contribution in [2.75, 3.05) is 11.6 Å². The predicted octanol–water partition coefficient (Wildman–Crippen LogP) is 3.60. The van der Waals surface area contributed by atoms with Gasteiger partial charge in [0.2, 0.25) is 11.8 Å². The molecule has 136 valence electrons. The second-order valence-electron chi connectivity index (χ2n) is 5.97. The molecule has 0 atom stereocenters. The highest BCUT2D eigenvalue weighted by Crippen LogP contribution is 2.26. The van der Waals surface area contributed by atoms with Crippen molar-refractivity contribution in [2.45, 2.75) is 25.2 Å². The molecule has 0 spiro atoms. The summed E-state index contributed by atoms with van der Waals surface area (Å²) in [6.07, 6.45) is 1.18. The lowest BCUT2D eigenvalue weighted by Crippen LogP contribution is -2.16. The van der Waals surface area contributed by atoms with Crippen molar-refractivity contribution in [3.8, 4) is 10.8 Å². The number of hydrogen-bond acceptors (Lipinski definition) is 6. The summed E-state index contributed by atoms with van der Waals surface area (Å²) in [4.78, 5) is 17.9. The molecule has 0 saturated heterocycles. The molecule has 0 aliphatic heterocycles. The highest BCUT2D eigenvalue weighted by molar-refractivity contribution is 7.90. The monoisotopic (exact) mass is 390 g/mol. The Morgan fingerprint density at radius 2 is 2.04 bits per heavy atom. The molecule has 6 nitrogen and oxygen atoms in total. The number of sulfone groups is 1. The summed E-state index contributed by atoms with van der Waals surface area (Å²) in [6.45, 7) is 3.57. The van der Waals surface area contributed by atoms with E-state index in [1.165, 1.54) is 23.5 Å². The quantitative estimate of drug-likeness (QED) is 0.719. The molecule has 0 saturated carbocycles. The number of carbonyl (C=O) groups excluding carboxylic acids is 1. The largest absolute Gasteiger partial charge is 0.440 e. The van der Waals surface area contributed by atoms with E-state index in [0.29, 0.717) is 23.0 Å². The minimum Gasteiger partial charge on any atom is -0.440 e. The highest BCUT2D eigenvalue weighted by Gasteiger charge is 2.17. The van der Waals surface area contributed by atoms with Crippen molar-refractivity contribution in [3.05, 3.63) is 52.7 Å². The van der Waals surface area contributed by atoms with Crippen molar-refractivity contribution in [3.63, 3.8) is 0 Å². The molecule has 0 aliphatic carbocycles. The fraction of sp³-hybridized carbons (Fsp3) is 0.222. The van der Waals surface area contributed by atoms with Crippen LogP contribution >= 0.6 is 11.3 Å². The molecule has 0 bridgehead atoms. The molecule has 0 fully saturated rings. The third kappa shape index (κ3) is 4.03. The van der Waals surface area contributed by atoms with Gasteiger partial charge in [0.05, 0.1) is 21.9 Å². The van der Waals surface area contributed by atoms with Crippen LogP contribution < -0.4 is 5.32 Å². The van der Waals surface area contributed by atoms with Crippen LogP contribution in [0.1, 0.15) is 17.0 Å². The van der Waals surface area contributed by atoms with Crippen LogP contribution in [0.3, 0.4) is 0 Å². The summed E-state index contributed by atoms with van der Waals surface area (Å²) in [5.41, 5.74) is 1.81. The molecule has 2 heterocycles. The van der Waals surface area contributed by atoms with Crippen LogP contribution in [0.5, 0.6) is 0 Å². The molecule has 26 heavy (non-hydrogen) atoms. The molecule has 2 aromatic heterocycles. The van der Waals surface area contributed by atoms with Gasteiger partial charge in [0.1, 0.15) is 5.76 Å². The summed E-state index contributed by atoms with van der Waals surface area (Å²) in [6, 6.07) is 8.47. The van der Waals surface area contributed by atoms with Gasteiger partial charge in [-0.15, -0.1) is 11.3 Å². The Morgan fingerprint density at radius 3 is 2.69 bits per heavy atom. The van der Waals surface area contributed by atoms with Gasteiger partial charge in [-0.1, -0.05) is 12.1 Å². The maximum Gasteiger partial charge on any atom is 0.236 e. The third-order valence-electron chi connectivity index (χ3n) is 3.86. The first kappa shape index (κ1) is 18.3. The number of benzene rings is 1. The van der Waals surface area contributed by atoms with Gasteiger partial charge in [-0.2, -0.15) is 0 Å². The number of rotatable bonds is 5. The minimum atomic E-state index is -3.34. The lowest BCUT2D eigenvalue weighted by atomic mass is 10.2. The Kier molecular flexibility index (Phi) is 4.97. The molecular weight excluding hydrogens is 372 g/mol. The third-order valence-corrected chi connectivity index (χ3v) is 5.83. The highest BCUT2D eigenvalue weighted by atomic mass is 32.2. The van der Waals surface area contributed by atoms with Crippen LogP contribution in [-0.4, -0.2) is 25.6 Å². The molecule has 8 heteroatoms. The van der Waals surface area contributed by atoms with Crippen molar-refractivity contribution in [1.82, 2.24) is 4.98 Å². The first-order valence-corrected chi connectivity index (χ1v) is 10.6. The zero-order valence-corrected chi connectivity index (χ0v) is 16.2. The molecule has 3 rings (SSSR count). The fourth-order valence-electron chi connectivity index (χ4n) is 2.41. The minimum absolute atomic E-state index is 0.0449. The van der Waals surface area contributed by atoms with Gasteiger partial charge in [0.25, 0.3) is 0 Å². The Bertz CT molecular complexity index is 1050. The van der Waals surface area contributed by atoms with Crippen LogP contribution in [-0.2, 0) is 21.1 Å². The molecular formula is C18H18N2O4S2.